The fourth-order valence-corrected chi connectivity index (χ4v) is 4.72. The van der Waals surface area contributed by atoms with Gasteiger partial charge >= 0.3 is 0 Å². The lowest BCUT2D eigenvalue weighted by molar-refractivity contribution is -0.139. The smallest absolute Gasteiger partial charge is 0.283 e. The molecule has 2 heterocycles. The summed E-state index contributed by atoms with van der Waals surface area (Å²) in [5.41, 5.74) is 0.0207. The molecule has 0 saturated carbocycles. The molecule has 1 aromatic heterocycles. The van der Waals surface area contributed by atoms with E-state index in [0.717, 1.165) is 10.6 Å². The lowest BCUT2D eigenvalue weighted by atomic mass is 10.1. The van der Waals surface area contributed by atoms with Crippen LogP contribution >= 0.6 is 22.9 Å². The average Bonchev–Trinajstić information content (AvgIpc) is 3.15. The molecule has 1 saturated heterocycles. The molecule has 9 heteroatoms. The van der Waals surface area contributed by atoms with Crippen molar-refractivity contribution in [2.45, 2.75) is 58.7 Å². The maximum atomic E-state index is 13.0. The molecule has 1 atom stereocenters. The van der Waals surface area contributed by atoms with Crippen molar-refractivity contribution in [1.29, 1.82) is 0 Å². The summed E-state index contributed by atoms with van der Waals surface area (Å²) in [4.78, 5) is 18.5. The van der Waals surface area contributed by atoms with Gasteiger partial charge in [0.2, 0.25) is 0 Å². The number of thiazole rings is 1. The van der Waals surface area contributed by atoms with Gasteiger partial charge in [-0.15, -0.1) is 0 Å². The number of hydrogen-bond acceptors (Lipinski definition) is 6. The molecule has 1 N–H and O–H groups in total. The number of benzene rings is 1. The predicted molar refractivity (Wildman–Crippen MR) is 115 cm³/mol. The molecular formula is C21H27ClN2O5S. The van der Waals surface area contributed by atoms with Crippen molar-refractivity contribution < 1.29 is 24.1 Å². The third-order valence-corrected chi connectivity index (χ3v) is 6.48. The molecule has 0 spiro atoms. The quantitative estimate of drug-likeness (QED) is 0.745. The highest BCUT2D eigenvalue weighted by atomic mass is 35.5. The van der Waals surface area contributed by atoms with E-state index < -0.39 is 17.3 Å². The Bertz CT molecular complexity index is 1020. The Kier molecular flexibility index (Phi) is 6.46. The summed E-state index contributed by atoms with van der Waals surface area (Å²) in [7, 11) is 1.49. The predicted octanol–water partition coefficient (Wildman–Crippen LogP) is 3.64. The third kappa shape index (κ3) is 4.95. The van der Waals surface area contributed by atoms with Crippen molar-refractivity contribution in [3.05, 3.63) is 44.2 Å². The molecule has 1 aliphatic rings. The molecule has 0 radical (unpaired) electrons. The van der Waals surface area contributed by atoms with E-state index in [1.165, 1.54) is 24.5 Å². The van der Waals surface area contributed by atoms with Crippen LogP contribution in [0.3, 0.4) is 0 Å². The van der Waals surface area contributed by atoms with Crippen molar-refractivity contribution in [1.82, 2.24) is 4.57 Å². The number of amides is 1. The van der Waals surface area contributed by atoms with Gasteiger partial charge in [0.05, 0.1) is 36.3 Å². The molecule has 2 aromatic rings. The normalized spacial score (nSPS) is 19.3. The highest BCUT2D eigenvalue weighted by Gasteiger charge is 2.34. The zero-order chi connectivity index (χ0) is 22.3. The number of hydrogen-bond donors (Lipinski definition) is 1. The number of carbonyl (C=O) groups excluding carboxylic acids is 1. The van der Waals surface area contributed by atoms with E-state index in [-0.39, 0.29) is 11.7 Å². The zero-order valence-electron chi connectivity index (χ0n) is 18.0. The minimum Gasteiger partial charge on any atom is -0.496 e. The SMILES string of the molecule is COc1ccc(Cl)cc1C(=O)/N=c1\sc(C(C)(C)O)c(C)n1C[C@@H]1COC(C)(C)O1. The summed E-state index contributed by atoms with van der Waals surface area (Å²) < 4.78 is 18.8. The summed E-state index contributed by atoms with van der Waals surface area (Å²) in [6, 6.07) is 4.81. The Morgan fingerprint density at radius 2 is 2.17 bits per heavy atom. The first-order valence-electron chi connectivity index (χ1n) is 9.59. The van der Waals surface area contributed by atoms with Crippen molar-refractivity contribution >= 4 is 28.8 Å². The van der Waals surface area contributed by atoms with Crippen LogP contribution in [-0.2, 0) is 21.6 Å². The van der Waals surface area contributed by atoms with Crippen LogP contribution in [0.5, 0.6) is 5.75 Å². The number of carbonyl (C=O) groups is 1. The van der Waals surface area contributed by atoms with Gasteiger partial charge in [-0.1, -0.05) is 22.9 Å². The summed E-state index contributed by atoms with van der Waals surface area (Å²) in [5, 5.41) is 11.0. The van der Waals surface area contributed by atoms with Crippen LogP contribution in [0.1, 0.15) is 48.6 Å². The van der Waals surface area contributed by atoms with E-state index in [2.05, 4.69) is 4.99 Å². The lowest BCUT2D eigenvalue weighted by Crippen LogP contribution is -2.29. The standard InChI is InChI=1S/C21H27ClN2O5S/c1-12-17(20(2,3)26)30-19(24(12)10-14-11-28-21(4,5)29-14)23-18(25)15-9-13(22)7-8-16(15)27-6/h7-9,14,26H,10-11H2,1-6H3/b23-19-/t14-/m1/s1. The van der Waals surface area contributed by atoms with Gasteiger partial charge in [-0.3, -0.25) is 4.79 Å². The second-order valence-electron chi connectivity index (χ2n) is 8.18. The molecule has 7 nitrogen and oxygen atoms in total. The van der Waals surface area contributed by atoms with Gasteiger partial charge in [-0.2, -0.15) is 4.99 Å². The monoisotopic (exact) mass is 454 g/mol. The maximum Gasteiger partial charge on any atom is 0.283 e. The van der Waals surface area contributed by atoms with E-state index in [1.54, 1.807) is 26.0 Å². The van der Waals surface area contributed by atoms with E-state index in [1.807, 2.05) is 25.3 Å². The van der Waals surface area contributed by atoms with E-state index in [4.69, 9.17) is 25.8 Å². The summed E-state index contributed by atoms with van der Waals surface area (Å²) in [6.07, 6.45) is -0.197. The fraction of sp³-hybridized carbons (Fsp3) is 0.524. The topological polar surface area (TPSA) is 82.3 Å². The minimum atomic E-state index is -1.08. The van der Waals surface area contributed by atoms with Crippen molar-refractivity contribution in [3.8, 4) is 5.75 Å². The fourth-order valence-electron chi connectivity index (χ4n) is 3.40. The van der Waals surface area contributed by atoms with E-state index in [0.29, 0.717) is 28.7 Å². The minimum absolute atomic E-state index is 0.197. The molecule has 30 heavy (non-hydrogen) atoms. The van der Waals surface area contributed by atoms with Crippen LogP contribution in [0.25, 0.3) is 0 Å². The number of aromatic nitrogens is 1. The largest absolute Gasteiger partial charge is 0.496 e. The highest BCUT2D eigenvalue weighted by molar-refractivity contribution is 7.09. The third-order valence-electron chi connectivity index (χ3n) is 4.76. The molecule has 1 fully saturated rings. The second kappa shape index (κ2) is 8.43. The first kappa shape index (κ1) is 23.0. The Morgan fingerprint density at radius 3 is 2.73 bits per heavy atom. The van der Waals surface area contributed by atoms with E-state index >= 15 is 0 Å². The number of rotatable bonds is 5. The molecular weight excluding hydrogens is 428 g/mol. The summed E-state index contributed by atoms with van der Waals surface area (Å²) in [5.74, 6) is -0.740. The molecule has 1 aromatic carbocycles. The lowest BCUT2D eigenvalue weighted by Gasteiger charge is -2.19. The number of ether oxygens (including phenoxy) is 3. The number of aliphatic hydroxyl groups is 1. The van der Waals surface area contributed by atoms with Gasteiger partial charge in [-0.05, 0) is 52.8 Å². The zero-order valence-corrected chi connectivity index (χ0v) is 19.6. The Hall–Kier alpha value is -1.71. The van der Waals surface area contributed by atoms with Crippen LogP contribution in [-0.4, -0.2) is 41.2 Å². The maximum absolute atomic E-state index is 13.0. The van der Waals surface area contributed by atoms with Gasteiger partial charge in [0.25, 0.3) is 5.91 Å². The van der Waals surface area contributed by atoms with Gasteiger partial charge < -0.3 is 23.9 Å². The van der Waals surface area contributed by atoms with Crippen LogP contribution in [0, 0.1) is 6.92 Å². The van der Waals surface area contributed by atoms with Crippen molar-refractivity contribution in [2.24, 2.45) is 4.99 Å². The average molecular weight is 455 g/mol. The van der Waals surface area contributed by atoms with Gasteiger partial charge in [-0.25, -0.2) is 0 Å². The van der Waals surface area contributed by atoms with Crippen LogP contribution < -0.4 is 9.54 Å². The van der Waals surface area contributed by atoms with Crippen molar-refractivity contribution in [2.75, 3.05) is 13.7 Å². The van der Waals surface area contributed by atoms with Crippen molar-refractivity contribution in [3.63, 3.8) is 0 Å². The molecule has 164 valence electrons. The van der Waals surface area contributed by atoms with Crippen LogP contribution in [0.15, 0.2) is 23.2 Å². The first-order valence-corrected chi connectivity index (χ1v) is 10.8. The van der Waals surface area contributed by atoms with Crippen LogP contribution in [0.4, 0.5) is 0 Å². The number of nitrogens with zero attached hydrogens (tertiary/aromatic N) is 2. The molecule has 0 bridgehead atoms. The van der Waals surface area contributed by atoms with Gasteiger partial charge in [0.15, 0.2) is 10.6 Å². The van der Waals surface area contributed by atoms with Crippen LogP contribution in [0.2, 0.25) is 5.02 Å². The first-order chi connectivity index (χ1) is 13.9. The Labute approximate surface area is 184 Å². The highest BCUT2D eigenvalue weighted by Crippen LogP contribution is 2.29. The Morgan fingerprint density at radius 1 is 1.47 bits per heavy atom. The van der Waals surface area contributed by atoms with Gasteiger partial charge in [0, 0.05) is 10.7 Å². The second-order valence-corrected chi connectivity index (χ2v) is 9.60. The summed E-state index contributed by atoms with van der Waals surface area (Å²) >= 11 is 7.34. The number of methoxy groups -OCH3 is 1. The summed E-state index contributed by atoms with van der Waals surface area (Å²) in [6.45, 7) is 9.92. The Balaban J connectivity index is 2.07. The molecule has 3 rings (SSSR count). The van der Waals surface area contributed by atoms with Gasteiger partial charge in [0.1, 0.15) is 11.9 Å². The molecule has 1 amide bonds. The molecule has 0 aliphatic carbocycles. The number of halogens is 1. The molecule has 1 aliphatic heterocycles. The molecule has 0 unspecified atom stereocenters. The van der Waals surface area contributed by atoms with E-state index in [9.17, 15) is 9.90 Å².